The number of aromatic nitrogens is 4. The lowest BCUT2D eigenvalue weighted by molar-refractivity contribution is 0.0785. The Morgan fingerprint density at radius 2 is 2.04 bits per heavy atom. The van der Waals surface area contributed by atoms with Gasteiger partial charge in [-0.15, -0.1) is 0 Å². The van der Waals surface area contributed by atoms with E-state index in [1.807, 2.05) is 31.5 Å². The van der Waals surface area contributed by atoms with E-state index < -0.39 is 0 Å². The quantitative estimate of drug-likeness (QED) is 0.723. The highest BCUT2D eigenvalue weighted by Gasteiger charge is 2.20. The molecule has 3 aromatic heterocycles. The molecule has 134 valence electrons. The number of carbonyl (C=O) groups is 1. The Kier molecular flexibility index (Phi) is 4.41. The van der Waals surface area contributed by atoms with Crippen molar-refractivity contribution in [2.75, 3.05) is 7.05 Å². The van der Waals surface area contributed by atoms with Crippen molar-refractivity contribution in [1.82, 2.24) is 24.4 Å². The van der Waals surface area contributed by atoms with Crippen molar-refractivity contribution in [3.05, 3.63) is 53.7 Å². The van der Waals surface area contributed by atoms with Crippen LogP contribution in [0.1, 0.15) is 53.3 Å². The Morgan fingerprint density at radius 3 is 2.81 bits per heavy atom. The first-order valence-corrected chi connectivity index (χ1v) is 9.11. The number of nitrogens with zero attached hydrogens (tertiary/aromatic N) is 5. The van der Waals surface area contributed by atoms with E-state index in [4.69, 9.17) is 0 Å². The van der Waals surface area contributed by atoms with Crippen LogP contribution in [0.3, 0.4) is 0 Å². The van der Waals surface area contributed by atoms with E-state index in [0.29, 0.717) is 18.2 Å². The molecule has 0 spiro atoms. The van der Waals surface area contributed by atoms with Gasteiger partial charge in [-0.1, -0.05) is 12.8 Å². The third-order valence-corrected chi connectivity index (χ3v) is 5.11. The maximum Gasteiger partial charge on any atom is 0.255 e. The normalized spacial score (nSPS) is 14.8. The monoisotopic (exact) mass is 349 g/mol. The molecular weight excluding hydrogens is 326 g/mol. The Morgan fingerprint density at radius 1 is 1.23 bits per heavy atom. The summed E-state index contributed by atoms with van der Waals surface area (Å²) in [5, 5.41) is 0. The summed E-state index contributed by atoms with van der Waals surface area (Å²) in [5.74, 6) is -0.0516. The molecule has 0 atom stereocenters. The molecule has 1 aliphatic rings. The second-order valence-corrected chi connectivity index (χ2v) is 7.12. The van der Waals surface area contributed by atoms with Crippen LogP contribution in [0.2, 0.25) is 0 Å². The minimum atomic E-state index is -0.0516. The SMILES string of the molecule is Cc1cc(CN(C)C(=O)c2cnc3c(c2)ncn3C2CCCC2)ccn1. The van der Waals surface area contributed by atoms with Crippen LogP contribution < -0.4 is 0 Å². The van der Waals surface area contributed by atoms with Crippen molar-refractivity contribution in [3.8, 4) is 0 Å². The van der Waals surface area contributed by atoms with Crippen LogP contribution in [0, 0.1) is 6.92 Å². The van der Waals surface area contributed by atoms with Crippen LogP contribution in [0.15, 0.2) is 36.9 Å². The second kappa shape index (κ2) is 6.86. The summed E-state index contributed by atoms with van der Waals surface area (Å²) in [6, 6.07) is 6.27. The fourth-order valence-corrected chi connectivity index (χ4v) is 3.75. The van der Waals surface area contributed by atoms with Gasteiger partial charge in [0.15, 0.2) is 5.65 Å². The number of imidazole rings is 1. The standard InChI is InChI=1S/C20H23N5O/c1-14-9-15(7-8-21-14)12-24(2)20(26)16-10-18-19(22-11-16)25(13-23-18)17-5-3-4-6-17/h7-11,13,17H,3-6,12H2,1-2H3. The van der Waals surface area contributed by atoms with Crippen molar-refractivity contribution in [3.63, 3.8) is 0 Å². The zero-order chi connectivity index (χ0) is 18.1. The molecule has 0 aliphatic heterocycles. The highest BCUT2D eigenvalue weighted by molar-refractivity contribution is 5.96. The average Bonchev–Trinajstić information content (AvgIpc) is 3.29. The van der Waals surface area contributed by atoms with Gasteiger partial charge in [0, 0.05) is 37.7 Å². The van der Waals surface area contributed by atoms with Crippen LogP contribution in [0.4, 0.5) is 0 Å². The highest BCUT2D eigenvalue weighted by Crippen LogP contribution is 2.31. The molecule has 1 aliphatic carbocycles. The summed E-state index contributed by atoms with van der Waals surface area (Å²) in [5.41, 5.74) is 4.25. The maximum absolute atomic E-state index is 12.8. The zero-order valence-corrected chi connectivity index (χ0v) is 15.2. The first-order valence-electron chi connectivity index (χ1n) is 9.11. The minimum Gasteiger partial charge on any atom is -0.337 e. The molecule has 1 amide bonds. The first kappa shape index (κ1) is 16.7. The van der Waals surface area contributed by atoms with Crippen LogP contribution in [-0.4, -0.2) is 37.4 Å². The number of aryl methyl sites for hydroxylation is 1. The number of pyridine rings is 2. The van der Waals surface area contributed by atoms with Crippen molar-refractivity contribution in [2.45, 2.75) is 45.2 Å². The minimum absolute atomic E-state index is 0.0516. The number of hydrogen-bond acceptors (Lipinski definition) is 4. The van der Waals surface area contributed by atoms with Gasteiger partial charge < -0.3 is 9.47 Å². The topological polar surface area (TPSA) is 63.9 Å². The largest absolute Gasteiger partial charge is 0.337 e. The van der Waals surface area contributed by atoms with Gasteiger partial charge in [0.05, 0.1) is 11.9 Å². The smallest absolute Gasteiger partial charge is 0.255 e. The van der Waals surface area contributed by atoms with Crippen molar-refractivity contribution < 1.29 is 4.79 Å². The molecule has 0 aromatic carbocycles. The molecule has 26 heavy (non-hydrogen) atoms. The van der Waals surface area contributed by atoms with Gasteiger partial charge in [-0.05, 0) is 43.5 Å². The Bertz CT molecular complexity index is 942. The second-order valence-electron chi connectivity index (χ2n) is 7.12. The lowest BCUT2D eigenvalue weighted by Crippen LogP contribution is -2.26. The molecule has 6 heteroatoms. The number of fused-ring (bicyclic) bond motifs is 1. The molecule has 4 rings (SSSR count). The van der Waals surface area contributed by atoms with Gasteiger partial charge in [0.2, 0.25) is 0 Å². The van der Waals surface area contributed by atoms with Gasteiger partial charge >= 0.3 is 0 Å². The maximum atomic E-state index is 12.8. The van der Waals surface area contributed by atoms with E-state index >= 15 is 0 Å². The molecule has 1 saturated carbocycles. The molecule has 0 radical (unpaired) electrons. The summed E-state index contributed by atoms with van der Waals surface area (Å²) in [6.07, 6.45) is 10.2. The number of amides is 1. The molecule has 0 bridgehead atoms. The molecule has 6 nitrogen and oxygen atoms in total. The van der Waals surface area contributed by atoms with E-state index in [2.05, 4.69) is 19.5 Å². The van der Waals surface area contributed by atoms with Crippen molar-refractivity contribution in [1.29, 1.82) is 0 Å². The average molecular weight is 349 g/mol. The molecule has 3 heterocycles. The Labute approximate surface area is 152 Å². The molecule has 0 unspecified atom stereocenters. The molecule has 3 aromatic rings. The molecular formula is C20H23N5O. The van der Waals surface area contributed by atoms with Crippen molar-refractivity contribution in [2.24, 2.45) is 0 Å². The van der Waals surface area contributed by atoms with E-state index in [1.165, 1.54) is 25.7 Å². The van der Waals surface area contributed by atoms with Gasteiger partial charge in [-0.2, -0.15) is 0 Å². The fourth-order valence-electron chi connectivity index (χ4n) is 3.75. The molecule has 0 N–H and O–H groups in total. The third kappa shape index (κ3) is 3.19. The van der Waals surface area contributed by atoms with E-state index in [9.17, 15) is 4.79 Å². The number of carbonyl (C=O) groups excluding carboxylic acids is 1. The lowest BCUT2D eigenvalue weighted by atomic mass is 10.2. The van der Waals surface area contributed by atoms with E-state index in [-0.39, 0.29) is 5.91 Å². The summed E-state index contributed by atoms with van der Waals surface area (Å²) < 4.78 is 2.17. The zero-order valence-electron chi connectivity index (χ0n) is 15.2. The van der Waals surface area contributed by atoms with Gasteiger partial charge in [-0.3, -0.25) is 9.78 Å². The fraction of sp³-hybridized carbons (Fsp3) is 0.400. The van der Waals surface area contributed by atoms with Crippen LogP contribution >= 0.6 is 0 Å². The highest BCUT2D eigenvalue weighted by atomic mass is 16.2. The third-order valence-electron chi connectivity index (χ3n) is 5.11. The molecule has 1 fully saturated rings. The summed E-state index contributed by atoms with van der Waals surface area (Å²) >= 11 is 0. The van der Waals surface area contributed by atoms with E-state index in [1.54, 1.807) is 24.3 Å². The predicted octanol–water partition coefficient (Wildman–Crippen LogP) is 3.52. The van der Waals surface area contributed by atoms with Gasteiger partial charge in [0.25, 0.3) is 5.91 Å². The van der Waals surface area contributed by atoms with Crippen molar-refractivity contribution >= 4 is 17.1 Å². The summed E-state index contributed by atoms with van der Waals surface area (Å²) in [4.78, 5) is 27.7. The van der Waals surface area contributed by atoms with Crippen LogP contribution in [0.25, 0.3) is 11.2 Å². The number of rotatable bonds is 4. The predicted molar refractivity (Wildman–Crippen MR) is 99.8 cm³/mol. The Balaban J connectivity index is 1.55. The van der Waals surface area contributed by atoms with Gasteiger partial charge in [0.1, 0.15) is 5.52 Å². The van der Waals surface area contributed by atoms with Crippen LogP contribution in [-0.2, 0) is 6.54 Å². The van der Waals surface area contributed by atoms with Crippen LogP contribution in [0.5, 0.6) is 0 Å². The first-order chi connectivity index (χ1) is 12.6. The Hall–Kier alpha value is -2.76. The summed E-state index contributed by atoms with van der Waals surface area (Å²) in [6.45, 7) is 2.49. The summed E-state index contributed by atoms with van der Waals surface area (Å²) in [7, 11) is 1.80. The van der Waals surface area contributed by atoms with E-state index in [0.717, 1.165) is 22.4 Å². The lowest BCUT2D eigenvalue weighted by Gasteiger charge is -2.17. The van der Waals surface area contributed by atoms with Gasteiger partial charge in [-0.25, -0.2) is 9.97 Å². The molecule has 0 saturated heterocycles. The number of hydrogen-bond donors (Lipinski definition) is 0.